The van der Waals surface area contributed by atoms with Crippen LogP contribution in [0.4, 0.5) is 0 Å². The normalized spacial score (nSPS) is 14.6. The number of aliphatic hydroxyl groups is 1. The Morgan fingerprint density at radius 1 is 1.36 bits per heavy atom. The van der Waals surface area contributed by atoms with Gasteiger partial charge < -0.3 is 10.2 Å². The average molecular weight is 200 g/mol. The van der Waals surface area contributed by atoms with Crippen molar-refractivity contribution in [2.24, 2.45) is 5.41 Å². The molecule has 82 valence electrons. The lowest BCUT2D eigenvalue weighted by molar-refractivity contribution is -0.136. The van der Waals surface area contributed by atoms with Crippen LogP contribution in [-0.2, 0) is 4.79 Å². The molecule has 0 amide bonds. The molecule has 0 bridgehead atoms. The summed E-state index contributed by atoms with van der Waals surface area (Å²) < 4.78 is 0. The molecule has 14 heavy (non-hydrogen) atoms. The number of rotatable bonds is 5. The standard InChI is InChI=1S/C11H20O3/c1-11(2,3)9(12)7-5-4-6-8-10(13)14/h4-5,9,12H,6-8H2,1-3H3,(H,13,14)/b5-4+. The molecule has 0 heterocycles. The monoisotopic (exact) mass is 200 g/mol. The summed E-state index contributed by atoms with van der Waals surface area (Å²) in [6, 6.07) is 0. The van der Waals surface area contributed by atoms with Crippen molar-refractivity contribution < 1.29 is 15.0 Å². The van der Waals surface area contributed by atoms with Crippen LogP contribution in [-0.4, -0.2) is 22.3 Å². The van der Waals surface area contributed by atoms with Crippen LogP contribution in [0.15, 0.2) is 12.2 Å². The molecule has 0 radical (unpaired) electrons. The first-order valence-corrected chi connectivity index (χ1v) is 4.89. The van der Waals surface area contributed by atoms with Crippen molar-refractivity contribution in [2.45, 2.75) is 46.1 Å². The predicted octanol–water partition coefficient (Wildman–Crippen LogP) is 2.20. The van der Waals surface area contributed by atoms with Gasteiger partial charge in [-0.2, -0.15) is 0 Å². The molecule has 0 aliphatic rings. The highest BCUT2D eigenvalue weighted by Gasteiger charge is 2.20. The van der Waals surface area contributed by atoms with Gasteiger partial charge in [-0.15, -0.1) is 0 Å². The van der Waals surface area contributed by atoms with E-state index in [0.717, 1.165) is 0 Å². The van der Waals surface area contributed by atoms with Crippen molar-refractivity contribution in [3.8, 4) is 0 Å². The molecule has 0 aliphatic carbocycles. The molecule has 0 aromatic heterocycles. The van der Waals surface area contributed by atoms with Crippen molar-refractivity contribution in [1.29, 1.82) is 0 Å². The smallest absolute Gasteiger partial charge is 0.303 e. The summed E-state index contributed by atoms with van der Waals surface area (Å²) in [4.78, 5) is 10.2. The topological polar surface area (TPSA) is 57.5 Å². The SMILES string of the molecule is CC(C)(C)C(O)C/C=C/CCC(=O)O. The molecule has 3 nitrogen and oxygen atoms in total. The van der Waals surface area contributed by atoms with Crippen LogP contribution in [0.2, 0.25) is 0 Å². The van der Waals surface area contributed by atoms with Gasteiger partial charge in [0.25, 0.3) is 0 Å². The summed E-state index contributed by atoms with van der Waals surface area (Å²) in [7, 11) is 0. The first-order valence-electron chi connectivity index (χ1n) is 4.89. The molecule has 0 fully saturated rings. The number of hydrogen-bond donors (Lipinski definition) is 2. The van der Waals surface area contributed by atoms with Gasteiger partial charge >= 0.3 is 5.97 Å². The van der Waals surface area contributed by atoms with E-state index in [1.807, 2.05) is 32.9 Å². The van der Waals surface area contributed by atoms with Crippen LogP contribution in [0.1, 0.15) is 40.0 Å². The minimum absolute atomic E-state index is 0.114. The zero-order chi connectivity index (χ0) is 11.2. The molecule has 2 N–H and O–H groups in total. The molecule has 0 saturated carbocycles. The number of hydrogen-bond acceptors (Lipinski definition) is 2. The van der Waals surface area contributed by atoms with Crippen molar-refractivity contribution in [3.63, 3.8) is 0 Å². The van der Waals surface area contributed by atoms with Crippen LogP contribution in [0, 0.1) is 5.41 Å². The van der Waals surface area contributed by atoms with Gasteiger partial charge in [-0.25, -0.2) is 0 Å². The van der Waals surface area contributed by atoms with E-state index in [0.29, 0.717) is 12.8 Å². The first kappa shape index (κ1) is 13.2. The van der Waals surface area contributed by atoms with E-state index in [9.17, 15) is 9.90 Å². The third-order valence-corrected chi connectivity index (χ3v) is 2.05. The van der Waals surface area contributed by atoms with E-state index in [1.54, 1.807) is 0 Å². The van der Waals surface area contributed by atoms with Gasteiger partial charge in [0.05, 0.1) is 6.10 Å². The third-order valence-electron chi connectivity index (χ3n) is 2.05. The van der Waals surface area contributed by atoms with E-state index in [1.165, 1.54) is 0 Å². The minimum atomic E-state index is -0.786. The molecular formula is C11H20O3. The fraction of sp³-hybridized carbons (Fsp3) is 0.727. The summed E-state index contributed by atoms with van der Waals surface area (Å²) in [5.74, 6) is -0.786. The summed E-state index contributed by atoms with van der Waals surface area (Å²) in [5, 5.41) is 18.0. The van der Waals surface area contributed by atoms with Gasteiger partial charge in [0.15, 0.2) is 0 Å². The Kier molecular flexibility index (Phi) is 5.46. The highest BCUT2D eigenvalue weighted by atomic mass is 16.4. The summed E-state index contributed by atoms with van der Waals surface area (Å²) in [6.45, 7) is 5.92. The van der Waals surface area contributed by atoms with Gasteiger partial charge in [0.1, 0.15) is 0 Å². The lowest BCUT2D eigenvalue weighted by atomic mass is 9.87. The van der Waals surface area contributed by atoms with Gasteiger partial charge in [-0.05, 0) is 18.3 Å². The molecular weight excluding hydrogens is 180 g/mol. The van der Waals surface area contributed by atoms with Crippen molar-refractivity contribution >= 4 is 5.97 Å². The molecule has 0 spiro atoms. The molecule has 0 aromatic rings. The molecule has 1 unspecified atom stereocenters. The maximum Gasteiger partial charge on any atom is 0.303 e. The second-order valence-corrected chi connectivity index (χ2v) is 4.52. The van der Waals surface area contributed by atoms with Crippen LogP contribution >= 0.6 is 0 Å². The highest BCUT2D eigenvalue weighted by Crippen LogP contribution is 2.21. The van der Waals surface area contributed by atoms with Crippen LogP contribution in [0.25, 0.3) is 0 Å². The van der Waals surface area contributed by atoms with E-state index in [-0.39, 0.29) is 17.9 Å². The number of aliphatic hydroxyl groups excluding tert-OH is 1. The largest absolute Gasteiger partial charge is 0.481 e. The number of carboxylic acid groups (broad SMARTS) is 1. The first-order chi connectivity index (χ1) is 6.34. The van der Waals surface area contributed by atoms with Crippen molar-refractivity contribution in [1.82, 2.24) is 0 Å². The minimum Gasteiger partial charge on any atom is -0.481 e. The summed E-state index contributed by atoms with van der Waals surface area (Å²) in [6.07, 6.45) is 4.56. The maximum atomic E-state index is 10.2. The predicted molar refractivity (Wildman–Crippen MR) is 56.1 cm³/mol. The number of allylic oxidation sites excluding steroid dienone is 1. The summed E-state index contributed by atoms with van der Waals surface area (Å²) >= 11 is 0. The number of carbonyl (C=O) groups is 1. The quantitative estimate of drug-likeness (QED) is 0.669. The van der Waals surface area contributed by atoms with E-state index >= 15 is 0 Å². The fourth-order valence-electron chi connectivity index (χ4n) is 0.903. The third kappa shape index (κ3) is 6.66. The molecule has 0 aliphatic heterocycles. The maximum absolute atomic E-state index is 10.2. The molecule has 1 atom stereocenters. The number of carboxylic acids is 1. The molecule has 0 saturated heterocycles. The number of aliphatic carboxylic acids is 1. The van der Waals surface area contributed by atoms with E-state index in [4.69, 9.17) is 5.11 Å². The van der Waals surface area contributed by atoms with Crippen molar-refractivity contribution in [3.05, 3.63) is 12.2 Å². The Labute approximate surface area is 85.4 Å². The van der Waals surface area contributed by atoms with Crippen molar-refractivity contribution in [2.75, 3.05) is 0 Å². The Morgan fingerprint density at radius 2 is 1.93 bits per heavy atom. The Bertz CT molecular complexity index is 201. The van der Waals surface area contributed by atoms with Crippen LogP contribution in [0.3, 0.4) is 0 Å². The van der Waals surface area contributed by atoms with Crippen LogP contribution in [0.5, 0.6) is 0 Å². The van der Waals surface area contributed by atoms with Gasteiger partial charge in [-0.1, -0.05) is 32.9 Å². The zero-order valence-corrected chi connectivity index (χ0v) is 9.16. The lowest BCUT2D eigenvalue weighted by Gasteiger charge is -2.24. The van der Waals surface area contributed by atoms with Gasteiger partial charge in [0.2, 0.25) is 0 Å². The van der Waals surface area contributed by atoms with E-state index < -0.39 is 5.97 Å². The van der Waals surface area contributed by atoms with Gasteiger partial charge in [-0.3, -0.25) is 4.79 Å². The summed E-state index contributed by atoms with van der Waals surface area (Å²) in [5.41, 5.74) is -0.114. The second kappa shape index (κ2) is 5.81. The Morgan fingerprint density at radius 3 is 2.36 bits per heavy atom. The lowest BCUT2D eigenvalue weighted by Crippen LogP contribution is -2.24. The highest BCUT2D eigenvalue weighted by molar-refractivity contribution is 5.66. The second-order valence-electron chi connectivity index (χ2n) is 4.52. The molecule has 0 aromatic carbocycles. The molecule has 3 heteroatoms. The average Bonchev–Trinajstić information content (AvgIpc) is 2.01. The molecule has 0 rings (SSSR count). The zero-order valence-electron chi connectivity index (χ0n) is 9.16. The van der Waals surface area contributed by atoms with E-state index in [2.05, 4.69) is 0 Å². The fourth-order valence-corrected chi connectivity index (χ4v) is 0.903. The Hall–Kier alpha value is -0.830. The van der Waals surface area contributed by atoms with Crippen LogP contribution < -0.4 is 0 Å². The van der Waals surface area contributed by atoms with Gasteiger partial charge in [0, 0.05) is 6.42 Å². The Balaban J connectivity index is 3.67.